The van der Waals surface area contributed by atoms with Crippen molar-refractivity contribution in [2.45, 2.75) is 6.18 Å². The van der Waals surface area contributed by atoms with Gasteiger partial charge in [-0.2, -0.15) is 18.3 Å². The van der Waals surface area contributed by atoms with Crippen LogP contribution in [0.15, 0.2) is 60.0 Å². The van der Waals surface area contributed by atoms with Gasteiger partial charge in [-0.15, -0.1) is 11.3 Å². The summed E-state index contributed by atoms with van der Waals surface area (Å²) in [4.78, 5) is 4.27. The second kappa shape index (κ2) is 7.32. The molecule has 29 heavy (non-hydrogen) atoms. The van der Waals surface area contributed by atoms with Crippen LogP contribution in [0.2, 0.25) is 0 Å². The quantitative estimate of drug-likeness (QED) is 0.391. The second-order valence-electron chi connectivity index (χ2n) is 6.08. The van der Waals surface area contributed by atoms with E-state index < -0.39 is 17.7 Å². The van der Waals surface area contributed by atoms with E-state index in [1.165, 1.54) is 31.4 Å². The van der Waals surface area contributed by atoms with Gasteiger partial charge in [0.05, 0.1) is 18.5 Å². The highest BCUT2D eigenvalue weighted by molar-refractivity contribution is 7.12. The number of alkyl halides is 3. The Morgan fingerprint density at radius 2 is 1.55 bits per heavy atom. The largest absolute Gasteiger partial charge is 0.497 e. The lowest BCUT2D eigenvalue weighted by molar-refractivity contribution is -0.142. The summed E-state index contributed by atoms with van der Waals surface area (Å²) in [7, 11) is 1.51. The molecule has 0 radical (unpaired) electrons. The highest BCUT2D eigenvalue weighted by atomic mass is 32.1. The fourth-order valence-corrected chi connectivity index (χ4v) is 3.54. The van der Waals surface area contributed by atoms with Gasteiger partial charge in [0.25, 0.3) is 0 Å². The molecule has 0 N–H and O–H groups in total. The number of methoxy groups -OCH3 is 1. The van der Waals surface area contributed by atoms with Crippen molar-refractivity contribution in [2.75, 3.05) is 7.11 Å². The molecule has 0 saturated heterocycles. The molecule has 0 aliphatic rings. The zero-order valence-corrected chi connectivity index (χ0v) is 15.8. The van der Waals surface area contributed by atoms with Crippen molar-refractivity contribution in [3.05, 3.63) is 71.5 Å². The number of ether oxygens (including phenoxy) is 1. The van der Waals surface area contributed by atoms with Crippen molar-refractivity contribution in [1.29, 1.82) is 0 Å². The number of thiazole rings is 1. The molecule has 0 aliphatic heterocycles. The molecular formula is C20H13F4N3OS. The van der Waals surface area contributed by atoms with E-state index in [2.05, 4.69) is 10.1 Å². The van der Waals surface area contributed by atoms with Crippen LogP contribution < -0.4 is 4.74 Å². The molecule has 9 heteroatoms. The van der Waals surface area contributed by atoms with E-state index in [0.717, 1.165) is 22.1 Å². The third-order valence-electron chi connectivity index (χ3n) is 4.20. The molecule has 0 saturated carbocycles. The standard InChI is InChI=1S/C20H13F4N3OS/c1-28-15-8-4-12(5-9-15)16-10-18(20(22,23)24)27(26-16)19-25-17(11-29-19)13-2-6-14(21)7-3-13/h2-11H,1H3. The third-order valence-corrected chi connectivity index (χ3v) is 5.01. The lowest BCUT2D eigenvalue weighted by Crippen LogP contribution is -2.13. The number of nitrogens with zero attached hydrogens (tertiary/aromatic N) is 3. The van der Waals surface area contributed by atoms with E-state index in [1.807, 2.05) is 0 Å². The fourth-order valence-electron chi connectivity index (χ4n) is 2.75. The fraction of sp³-hybridized carbons (Fsp3) is 0.100. The van der Waals surface area contributed by atoms with E-state index in [9.17, 15) is 17.6 Å². The van der Waals surface area contributed by atoms with E-state index in [1.54, 1.807) is 29.6 Å². The van der Waals surface area contributed by atoms with Crippen LogP contribution in [-0.4, -0.2) is 21.9 Å². The monoisotopic (exact) mass is 419 g/mol. The van der Waals surface area contributed by atoms with Crippen molar-refractivity contribution in [2.24, 2.45) is 0 Å². The lowest BCUT2D eigenvalue weighted by Gasteiger charge is -2.07. The van der Waals surface area contributed by atoms with Crippen molar-refractivity contribution >= 4 is 11.3 Å². The van der Waals surface area contributed by atoms with E-state index in [-0.39, 0.29) is 10.8 Å². The van der Waals surface area contributed by atoms with Crippen molar-refractivity contribution in [1.82, 2.24) is 14.8 Å². The molecule has 0 spiro atoms. The highest BCUT2D eigenvalue weighted by Gasteiger charge is 2.37. The molecule has 4 aromatic rings. The first kappa shape index (κ1) is 19.1. The molecule has 4 rings (SSSR count). The second-order valence-corrected chi connectivity index (χ2v) is 6.91. The first-order valence-corrected chi connectivity index (χ1v) is 9.26. The Morgan fingerprint density at radius 1 is 0.931 bits per heavy atom. The van der Waals surface area contributed by atoms with Gasteiger partial charge in [0.2, 0.25) is 5.13 Å². The van der Waals surface area contributed by atoms with Crippen molar-refractivity contribution in [3.8, 4) is 33.4 Å². The van der Waals surface area contributed by atoms with Gasteiger partial charge in [-0.05, 0) is 54.6 Å². The number of hydrogen-bond acceptors (Lipinski definition) is 4. The van der Waals surface area contributed by atoms with Gasteiger partial charge in [-0.1, -0.05) is 0 Å². The molecule has 2 heterocycles. The summed E-state index contributed by atoms with van der Waals surface area (Å²) >= 11 is 1.02. The molecule has 148 valence electrons. The number of hydrogen-bond donors (Lipinski definition) is 0. The van der Waals surface area contributed by atoms with Gasteiger partial charge in [0.1, 0.15) is 11.6 Å². The van der Waals surface area contributed by atoms with Gasteiger partial charge in [0, 0.05) is 16.5 Å². The summed E-state index contributed by atoms with van der Waals surface area (Å²) in [5.74, 6) is 0.188. The lowest BCUT2D eigenvalue weighted by atomic mass is 10.1. The average Bonchev–Trinajstić information content (AvgIpc) is 3.36. The van der Waals surface area contributed by atoms with Gasteiger partial charge in [-0.3, -0.25) is 0 Å². The molecule has 0 bridgehead atoms. The summed E-state index contributed by atoms with van der Waals surface area (Å²) in [5, 5.41) is 5.81. The molecule has 0 unspecified atom stereocenters. The Balaban J connectivity index is 1.76. The van der Waals surface area contributed by atoms with Gasteiger partial charge in [-0.25, -0.2) is 14.1 Å². The Bertz CT molecular complexity index is 1130. The summed E-state index contributed by atoms with van der Waals surface area (Å²) in [6.07, 6.45) is -4.61. The van der Waals surface area contributed by atoms with E-state index >= 15 is 0 Å². The number of halogens is 4. The summed E-state index contributed by atoms with van der Waals surface area (Å²) < 4.78 is 59.8. The minimum Gasteiger partial charge on any atom is -0.497 e. The first-order chi connectivity index (χ1) is 13.8. The van der Waals surface area contributed by atoms with E-state index in [0.29, 0.717) is 22.6 Å². The van der Waals surface area contributed by atoms with Crippen LogP contribution in [0.1, 0.15) is 5.69 Å². The molecule has 2 aromatic heterocycles. The normalized spacial score (nSPS) is 11.6. The summed E-state index contributed by atoms with van der Waals surface area (Å²) in [6.45, 7) is 0. The van der Waals surface area contributed by atoms with Gasteiger partial charge in [0.15, 0.2) is 5.69 Å². The summed E-state index contributed by atoms with van der Waals surface area (Å²) in [5.41, 5.74) is 0.803. The molecule has 0 amide bonds. The molecule has 0 fully saturated rings. The molecule has 0 aliphatic carbocycles. The van der Waals surface area contributed by atoms with Crippen LogP contribution >= 0.6 is 11.3 Å². The van der Waals surface area contributed by atoms with Crippen LogP contribution in [-0.2, 0) is 6.18 Å². The average molecular weight is 419 g/mol. The highest BCUT2D eigenvalue weighted by Crippen LogP contribution is 2.35. The Hall–Kier alpha value is -3.20. The van der Waals surface area contributed by atoms with Crippen LogP contribution in [0.3, 0.4) is 0 Å². The maximum absolute atomic E-state index is 13.6. The zero-order valence-electron chi connectivity index (χ0n) is 14.9. The number of benzene rings is 2. The minimum atomic E-state index is -4.61. The molecular weight excluding hydrogens is 406 g/mol. The Kier molecular flexibility index (Phi) is 4.83. The van der Waals surface area contributed by atoms with Crippen molar-refractivity contribution < 1.29 is 22.3 Å². The number of aromatic nitrogens is 3. The predicted molar refractivity (Wildman–Crippen MR) is 102 cm³/mol. The van der Waals surface area contributed by atoms with Crippen molar-refractivity contribution in [3.63, 3.8) is 0 Å². The van der Waals surface area contributed by atoms with Crippen LogP contribution in [0.25, 0.3) is 27.6 Å². The predicted octanol–water partition coefficient (Wildman–Crippen LogP) is 5.83. The summed E-state index contributed by atoms with van der Waals surface area (Å²) in [6, 6.07) is 13.1. The van der Waals surface area contributed by atoms with Gasteiger partial charge < -0.3 is 4.74 Å². The van der Waals surface area contributed by atoms with E-state index in [4.69, 9.17) is 4.74 Å². The minimum absolute atomic E-state index is 0.0661. The maximum atomic E-state index is 13.6. The smallest absolute Gasteiger partial charge is 0.433 e. The third kappa shape index (κ3) is 3.86. The Labute approximate surface area is 167 Å². The molecule has 2 aromatic carbocycles. The zero-order chi connectivity index (χ0) is 20.6. The molecule has 4 nitrogen and oxygen atoms in total. The van der Waals surface area contributed by atoms with Gasteiger partial charge >= 0.3 is 6.18 Å². The number of rotatable bonds is 4. The first-order valence-electron chi connectivity index (χ1n) is 8.38. The topological polar surface area (TPSA) is 39.9 Å². The Morgan fingerprint density at radius 3 is 2.17 bits per heavy atom. The van der Waals surface area contributed by atoms with Crippen LogP contribution in [0.5, 0.6) is 5.75 Å². The maximum Gasteiger partial charge on any atom is 0.433 e. The van der Waals surface area contributed by atoms with Crippen LogP contribution in [0, 0.1) is 5.82 Å². The molecule has 0 atom stereocenters. The SMILES string of the molecule is COc1ccc(-c2cc(C(F)(F)F)n(-c3nc(-c4ccc(F)cc4)cs3)n2)cc1. The van der Waals surface area contributed by atoms with Crippen LogP contribution in [0.4, 0.5) is 17.6 Å².